The number of aromatic amines is 1. The first kappa shape index (κ1) is 16.4. The minimum atomic E-state index is -1.14. The molecule has 0 spiro atoms. The molecule has 0 radical (unpaired) electrons. The fourth-order valence-electron chi connectivity index (χ4n) is 3.00. The Bertz CT molecular complexity index is 808. The van der Waals surface area contributed by atoms with Gasteiger partial charge < -0.3 is 15.0 Å². The predicted molar refractivity (Wildman–Crippen MR) is 81.9 cm³/mol. The number of carboxylic acid groups (broad SMARTS) is 1. The van der Waals surface area contributed by atoms with E-state index in [1.165, 1.54) is 23.2 Å². The molecule has 1 aliphatic heterocycles. The van der Waals surface area contributed by atoms with Gasteiger partial charge >= 0.3 is 5.97 Å². The van der Waals surface area contributed by atoms with Gasteiger partial charge in [-0.3, -0.25) is 9.59 Å². The van der Waals surface area contributed by atoms with Gasteiger partial charge in [0.1, 0.15) is 17.3 Å². The molecular weight excluding hydrogens is 342 g/mol. The molecule has 0 saturated carbocycles. The average molecular weight is 355 g/mol. The first-order chi connectivity index (χ1) is 11.4. The summed E-state index contributed by atoms with van der Waals surface area (Å²) >= 11 is 5.77. The molecule has 0 bridgehead atoms. The van der Waals surface area contributed by atoms with Crippen molar-refractivity contribution in [3.05, 3.63) is 58.4 Å². The maximum Gasteiger partial charge on any atom is 0.308 e. The summed E-state index contributed by atoms with van der Waals surface area (Å²) in [5.74, 6) is -4.84. The maximum absolute atomic E-state index is 14.0. The van der Waals surface area contributed by atoms with E-state index in [2.05, 4.69) is 4.98 Å². The fourth-order valence-corrected chi connectivity index (χ4v) is 3.16. The third kappa shape index (κ3) is 2.99. The molecule has 5 nitrogen and oxygen atoms in total. The second kappa shape index (κ2) is 6.24. The van der Waals surface area contributed by atoms with E-state index in [4.69, 9.17) is 11.6 Å². The second-order valence-electron chi connectivity index (χ2n) is 5.66. The SMILES string of the molecule is O=C(O)[C@H]1CN(C(=O)c2cc(Cl)c[nH]2)C[C@@H]1c1ccc(F)cc1F. The molecule has 0 aliphatic carbocycles. The van der Waals surface area contributed by atoms with Crippen molar-refractivity contribution >= 4 is 23.5 Å². The highest BCUT2D eigenvalue weighted by Gasteiger charge is 2.42. The Balaban J connectivity index is 1.89. The van der Waals surface area contributed by atoms with Crippen molar-refractivity contribution in [3.63, 3.8) is 0 Å². The lowest BCUT2D eigenvalue weighted by molar-refractivity contribution is -0.141. The van der Waals surface area contributed by atoms with Crippen LogP contribution in [0.25, 0.3) is 0 Å². The van der Waals surface area contributed by atoms with Crippen LogP contribution in [-0.4, -0.2) is 40.0 Å². The van der Waals surface area contributed by atoms with E-state index in [0.29, 0.717) is 11.1 Å². The number of amides is 1. The van der Waals surface area contributed by atoms with Gasteiger partial charge in [-0.05, 0) is 17.7 Å². The highest BCUT2D eigenvalue weighted by atomic mass is 35.5. The molecule has 1 saturated heterocycles. The van der Waals surface area contributed by atoms with Crippen LogP contribution >= 0.6 is 11.6 Å². The average Bonchev–Trinajstić information content (AvgIpc) is 3.13. The molecule has 1 aromatic carbocycles. The molecule has 1 aromatic heterocycles. The number of rotatable bonds is 3. The van der Waals surface area contributed by atoms with Gasteiger partial charge in [-0.1, -0.05) is 17.7 Å². The highest BCUT2D eigenvalue weighted by molar-refractivity contribution is 6.30. The number of halogens is 3. The fraction of sp³-hybridized carbons (Fsp3) is 0.250. The molecule has 24 heavy (non-hydrogen) atoms. The summed E-state index contributed by atoms with van der Waals surface area (Å²) in [6.07, 6.45) is 1.44. The molecule has 2 N–H and O–H groups in total. The van der Waals surface area contributed by atoms with Crippen molar-refractivity contribution < 1.29 is 23.5 Å². The van der Waals surface area contributed by atoms with Crippen LogP contribution < -0.4 is 0 Å². The van der Waals surface area contributed by atoms with Gasteiger partial charge in [-0.25, -0.2) is 8.78 Å². The van der Waals surface area contributed by atoms with Gasteiger partial charge in [-0.15, -0.1) is 0 Å². The number of hydrogen-bond acceptors (Lipinski definition) is 2. The third-order valence-corrected chi connectivity index (χ3v) is 4.38. The van der Waals surface area contributed by atoms with E-state index in [1.54, 1.807) is 0 Å². The van der Waals surface area contributed by atoms with Crippen molar-refractivity contribution in [2.75, 3.05) is 13.1 Å². The summed E-state index contributed by atoms with van der Waals surface area (Å²) in [5.41, 5.74) is 0.313. The predicted octanol–water partition coefficient (Wildman–Crippen LogP) is 2.89. The lowest BCUT2D eigenvalue weighted by atomic mass is 9.88. The number of carboxylic acids is 1. The Hall–Kier alpha value is -2.41. The summed E-state index contributed by atoms with van der Waals surface area (Å²) in [5, 5.41) is 9.76. The van der Waals surface area contributed by atoms with Crippen LogP contribution in [0.5, 0.6) is 0 Å². The van der Waals surface area contributed by atoms with Gasteiger partial charge in [0.15, 0.2) is 0 Å². The Labute approximate surface area is 140 Å². The Morgan fingerprint density at radius 2 is 2.00 bits per heavy atom. The Kier molecular flexibility index (Phi) is 4.28. The van der Waals surface area contributed by atoms with E-state index in [1.807, 2.05) is 0 Å². The molecule has 1 aliphatic rings. The minimum absolute atomic E-state index is 0.0228. The Morgan fingerprint density at radius 3 is 2.58 bits per heavy atom. The number of H-pyrrole nitrogens is 1. The quantitative estimate of drug-likeness (QED) is 0.890. The molecular formula is C16H13ClF2N2O3. The summed E-state index contributed by atoms with van der Waals surface area (Å²) in [4.78, 5) is 28.0. The topological polar surface area (TPSA) is 73.4 Å². The van der Waals surface area contributed by atoms with E-state index in [0.717, 1.165) is 6.07 Å². The van der Waals surface area contributed by atoms with Crippen LogP contribution in [0, 0.1) is 17.6 Å². The minimum Gasteiger partial charge on any atom is -0.481 e. The van der Waals surface area contributed by atoms with Crippen LogP contribution in [0.4, 0.5) is 8.78 Å². The zero-order chi connectivity index (χ0) is 17.4. The molecule has 2 aromatic rings. The lowest BCUT2D eigenvalue weighted by Gasteiger charge is -2.16. The van der Waals surface area contributed by atoms with Crippen LogP contribution in [0.1, 0.15) is 22.0 Å². The van der Waals surface area contributed by atoms with Crippen molar-refractivity contribution in [1.29, 1.82) is 0 Å². The first-order valence-corrected chi connectivity index (χ1v) is 7.55. The van der Waals surface area contributed by atoms with Gasteiger partial charge in [0.2, 0.25) is 0 Å². The molecule has 126 valence electrons. The number of benzene rings is 1. The number of aliphatic carboxylic acids is 1. The largest absolute Gasteiger partial charge is 0.481 e. The summed E-state index contributed by atoms with van der Waals surface area (Å²) < 4.78 is 27.1. The number of aromatic nitrogens is 1. The van der Waals surface area contributed by atoms with Crippen LogP contribution in [0.15, 0.2) is 30.5 Å². The van der Waals surface area contributed by atoms with Gasteiger partial charge in [0.25, 0.3) is 5.91 Å². The van der Waals surface area contributed by atoms with E-state index < -0.39 is 35.3 Å². The van der Waals surface area contributed by atoms with Crippen LogP contribution in [-0.2, 0) is 4.79 Å². The van der Waals surface area contributed by atoms with E-state index >= 15 is 0 Å². The lowest BCUT2D eigenvalue weighted by Crippen LogP contribution is -2.30. The normalized spacial score (nSPS) is 20.4. The van der Waals surface area contributed by atoms with Gasteiger partial charge in [0.05, 0.1) is 10.9 Å². The number of nitrogens with one attached hydrogen (secondary N) is 1. The number of carbonyl (C=O) groups excluding carboxylic acids is 1. The van der Waals surface area contributed by atoms with Crippen molar-refractivity contribution in [2.24, 2.45) is 5.92 Å². The summed E-state index contributed by atoms with van der Waals surface area (Å²) in [7, 11) is 0. The number of carbonyl (C=O) groups is 2. The van der Waals surface area contributed by atoms with E-state index in [9.17, 15) is 23.5 Å². The Morgan fingerprint density at radius 1 is 1.25 bits per heavy atom. The summed E-state index contributed by atoms with van der Waals surface area (Å²) in [6.45, 7) is -0.0404. The molecule has 1 amide bonds. The van der Waals surface area contributed by atoms with Crippen molar-refractivity contribution in [3.8, 4) is 0 Å². The van der Waals surface area contributed by atoms with Crippen molar-refractivity contribution in [2.45, 2.75) is 5.92 Å². The number of nitrogens with zero attached hydrogens (tertiary/aromatic N) is 1. The van der Waals surface area contributed by atoms with Crippen LogP contribution in [0.3, 0.4) is 0 Å². The standard InChI is InChI=1S/C16H13ClF2N2O3/c17-8-3-14(20-5-8)15(22)21-6-11(12(7-21)16(23)24)10-2-1-9(18)4-13(10)19/h1-5,11-12,20H,6-7H2,(H,23,24)/t11-,12+/m1/s1. The molecule has 0 unspecified atom stereocenters. The first-order valence-electron chi connectivity index (χ1n) is 7.17. The molecule has 8 heteroatoms. The zero-order valence-electron chi connectivity index (χ0n) is 12.3. The summed E-state index contributed by atoms with van der Waals surface area (Å²) in [6, 6.07) is 4.45. The highest BCUT2D eigenvalue weighted by Crippen LogP contribution is 2.35. The van der Waals surface area contributed by atoms with Gasteiger partial charge in [0, 0.05) is 31.3 Å². The van der Waals surface area contributed by atoms with E-state index in [-0.39, 0.29) is 24.3 Å². The molecule has 3 rings (SSSR count). The third-order valence-electron chi connectivity index (χ3n) is 4.16. The smallest absolute Gasteiger partial charge is 0.308 e. The second-order valence-corrected chi connectivity index (χ2v) is 6.10. The molecule has 2 atom stereocenters. The number of likely N-dealkylation sites (tertiary alicyclic amines) is 1. The van der Waals surface area contributed by atoms with Crippen molar-refractivity contribution in [1.82, 2.24) is 9.88 Å². The van der Waals surface area contributed by atoms with Gasteiger partial charge in [-0.2, -0.15) is 0 Å². The maximum atomic E-state index is 14.0. The van der Waals surface area contributed by atoms with Crippen LogP contribution in [0.2, 0.25) is 5.02 Å². The molecule has 2 heterocycles. The zero-order valence-corrected chi connectivity index (χ0v) is 13.1. The molecule has 1 fully saturated rings. The monoisotopic (exact) mass is 354 g/mol. The number of hydrogen-bond donors (Lipinski definition) is 2.